The SMILES string of the molecule is CCOC(=O)N(C)c1c(N)n(C)c(=O)[nH]c1=O. The molecule has 0 aromatic carbocycles. The highest BCUT2D eigenvalue weighted by atomic mass is 16.6. The lowest BCUT2D eigenvalue weighted by atomic mass is 10.4. The normalized spacial score (nSPS) is 10.1. The Labute approximate surface area is 96.6 Å². The number of rotatable bonds is 2. The number of ether oxygens (including phenoxy) is 1. The third-order valence-electron chi connectivity index (χ3n) is 2.22. The first kappa shape index (κ1) is 12.8. The van der Waals surface area contributed by atoms with Crippen molar-refractivity contribution >= 4 is 17.6 Å². The van der Waals surface area contributed by atoms with E-state index in [-0.39, 0.29) is 18.1 Å². The standard InChI is InChI=1S/C9H14N4O4/c1-4-17-9(16)12(2)5-6(10)13(3)8(15)11-7(5)14/h4,10H2,1-3H3,(H,11,14,15). The summed E-state index contributed by atoms with van der Waals surface area (Å²) in [5.74, 6) is -0.102. The lowest BCUT2D eigenvalue weighted by Crippen LogP contribution is -2.38. The monoisotopic (exact) mass is 242 g/mol. The molecule has 1 aromatic heterocycles. The minimum absolute atomic E-state index is 0.102. The Morgan fingerprint density at radius 1 is 1.53 bits per heavy atom. The number of nitrogens with zero attached hydrogens (tertiary/aromatic N) is 2. The van der Waals surface area contributed by atoms with E-state index in [9.17, 15) is 14.4 Å². The number of amides is 1. The number of aromatic nitrogens is 2. The fraction of sp³-hybridized carbons (Fsp3) is 0.444. The molecule has 0 aliphatic carbocycles. The van der Waals surface area contributed by atoms with E-state index in [1.54, 1.807) is 6.92 Å². The zero-order chi connectivity index (χ0) is 13.2. The van der Waals surface area contributed by atoms with Crippen LogP contribution in [-0.2, 0) is 11.8 Å². The van der Waals surface area contributed by atoms with Gasteiger partial charge in [-0.15, -0.1) is 0 Å². The van der Waals surface area contributed by atoms with Crippen molar-refractivity contribution in [2.75, 3.05) is 24.3 Å². The van der Waals surface area contributed by atoms with Gasteiger partial charge in [-0.3, -0.25) is 19.2 Å². The van der Waals surface area contributed by atoms with E-state index in [0.29, 0.717) is 0 Å². The fourth-order valence-electron chi connectivity index (χ4n) is 1.26. The number of anilines is 2. The number of carbonyl (C=O) groups is 1. The third-order valence-corrected chi connectivity index (χ3v) is 2.22. The van der Waals surface area contributed by atoms with Crippen LogP contribution in [0.2, 0.25) is 0 Å². The number of nitrogens with one attached hydrogen (secondary N) is 1. The summed E-state index contributed by atoms with van der Waals surface area (Å²) in [5, 5.41) is 0. The molecule has 1 amide bonds. The Hall–Kier alpha value is -2.25. The summed E-state index contributed by atoms with van der Waals surface area (Å²) in [6.07, 6.45) is -0.719. The predicted octanol–water partition coefficient (Wildman–Crippen LogP) is -0.751. The Bertz CT molecular complexity index is 545. The largest absolute Gasteiger partial charge is 0.449 e. The number of H-pyrrole nitrogens is 1. The van der Waals surface area contributed by atoms with Crippen LogP contribution >= 0.6 is 0 Å². The summed E-state index contributed by atoms with van der Waals surface area (Å²) in [6, 6.07) is 0. The molecule has 0 fully saturated rings. The van der Waals surface area contributed by atoms with Gasteiger partial charge >= 0.3 is 11.8 Å². The molecule has 1 rings (SSSR count). The van der Waals surface area contributed by atoms with Crippen molar-refractivity contribution in [1.29, 1.82) is 0 Å². The maximum atomic E-state index is 11.6. The van der Waals surface area contributed by atoms with Crippen LogP contribution in [0.15, 0.2) is 9.59 Å². The van der Waals surface area contributed by atoms with Gasteiger partial charge in [0.05, 0.1) is 6.61 Å². The lowest BCUT2D eigenvalue weighted by molar-refractivity contribution is 0.161. The molecule has 0 bridgehead atoms. The van der Waals surface area contributed by atoms with Gasteiger partial charge < -0.3 is 10.5 Å². The molecule has 17 heavy (non-hydrogen) atoms. The highest BCUT2D eigenvalue weighted by molar-refractivity contribution is 5.89. The van der Waals surface area contributed by atoms with E-state index in [1.807, 2.05) is 4.98 Å². The quantitative estimate of drug-likeness (QED) is 0.708. The molecule has 8 heteroatoms. The molecule has 0 radical (unpaired) electrons. The van der Waals surface area contributed by atoms with Crippen molar-refractivity contribution in [2.45, 2.75) is 6.92 Å². The molecule has 0 atom stereocenters. The van der Waals surface area contributed by atoms with E-state index in [1.165, 1.54) is 14.1 Å². The smallest absolute Gasteiger partial charge is 0.414 e. The maximum absolute atomic E-state index is 11.6. The van der Waals surface area contributed by atoms with Crippen molar-refractivity contribution in [1.82, 2.24) is 9.55 Å². The van der Waals surface area contributed by atoms with Crippen LogP contribution in [0.5, 0.6) is 0 Å². The van der Waals surface area contributed by atoms with E-state index in [4.69, 9.17) is 10.5 Å². The van der Waals surface area contributed by atoms with Crippen LogP contribution in [0.1, 0.15) is 6.92 Å². The molecule has 1 heterocycles. The predicted molar refractivity (Wildman–Crippen MR) is 62.1 cm³/mol. The summed E-state index contributed by atoms with van der Waals surface area (Å²) in [4.78, 5) is 37.2. The summed E-state index contributed by atoms with van der Waals surface area (Å²) < 4.78 is 5.76. The van der Waals surface area contributed by atoms with Crippen LogP contribution in [0.25, 0.3) is 0 Å². The van der Waals surface area contributed by atoms with E-state index in [2.05, 4.69) is 0 Å². The lowest BCUT2D eigenvalue weighted by Gasteiger charge is -2.18. The summed E-state index contributed by atoms with van der Waals surface area (Å²) >= 11 is 0. The van der Waals surface area contributed by atoms with E-state index < -0.39 is 17.3 Å². The number of hydrogen-bond donors (Lipinski definition) is 2. The van der Waals surface area contributed by atoms with Gasteiger partial charge in [-0.05, 0) is 6.92 Å². The minimum atomic E-state index is -0.735. The number of hydrogen-bond acceptors (Lipinski definition) is 5. The van der Waals surface area contributed by atoms with E-state index >= 15 is 0 Å². The fourth-order valence-corrected chi connectivity index (χ4v) is 1.26. The molecule has 0 saturated heterocycles. The summed E-state index contributed by atoms with van der Waals surface area (Å²) in [6.45, 7) is 1.81. The number of nitrogen functional groups attached to an aromatic ring is 1. The highest BCUT2D eigenvalue weighted by Crippen LogP contribution is 2.14. The molecule has 94 valence electrons. The number of aromatic amines is 1. The molecule has 0 aliphatic rings. The van der Waals surface area contributed by atoms with Gasteiger partial charge in [0.15, 0.2) is 5.69 Å². The maximum Gasteiger partial charge on any atom is 0.414 e. The average molecular weight is 242 g/mol. The zero-order valence-corrected chi connectivity index (χ0v) is 9.81. The highest BCUT2D eigenvalue weighted by Gasteiger charge is 2.20. The van der Waals surface area contributed by atoms with Crippen LogP contribution in [0.3, 0.4) is 0 Å². The molecule has 0 saturated carbocycles. The zero-order valence-electron chi connectivity index (χ0n) is 9.81. The van der Waals surface area contributed by atoms with Crippen molar-refractivity contribution in [2.24, 2.45) is 7.05 Å². The Morgan fingerprint density at radius 3 is 2.65 bits per heavy atom. The van der Waals surface area contributed by atoms with Gasteiger partial charge in [0.1, 0.15) is 5.82 Å². The van der Waals surface area contributed by atoms with Crippen molar-refractivity contribution in [3.05, 3.63) is 20.8 Å². The Balaban J connectivity index is 3.32. The molecule has 0 unspecified atom stereocenters. The summed E-state index contributed by atoms with van der Waals surface area (Å²) in [5.41, 5.74) is 4.11. The van der Waals surface area contributed by atoms with Crippen LogP contribution in [0.4, 0.5) is 16.3 Å². The first-order chi connectivity index (χ1) is 7.90. The number of nitrogens with two attached hydrogens (primary N) is 1. The second kappa shape index (κ2) is 4.73. The number of carbonyl (C=O) groups excluding carboxylic acids is 1. The molecular weight excluding hydrogens is 228 g/mol. The summed E-state index contributed by atoms with van der Waals surface area (Å²) in [7, 11) is 2.72. The third kappa shape index (κ3) is 2.30. The molecular formula is C9H14N4O4. The molecule has 0 aliphatic heterocycles. The second-order valence-electron chi connectivity index (χ2n) is 3.31. The molecule has 3 N–H and O–H groups in total. The van der Waals surface area contributed by atoms with Crippen LogP contribution in [-0.4, -0.2) is 29.3 Å². The topological polar surface area (TPSA) is 110 Å². The Morgan fingerprint density at radius 2 is 2.12 bits per heavy atom. The minimum Gasteiger partial charge on any atom is -0.449 e. The van der Waals surface area contributed by atoms with Crippen molar-refractivity contribution in [3.63, 3.8) is 0 Å². The van der Waals surface area contributed by atoms with Crippen LogP contribution in [0, 0.1) is 0 Å². The second-order valence-corrected chi connectivity index (χ2v) is 3.31. The van der Waals surface area contributed by atoms with Gasteiger partial charge in [0.2, 0.25) is 0 Å². The first-order valence-electron chi connectivity index (χ1n) is 4.89. The van der Waals surface area contributed by atoms with Gasteiger partial charge in [-0.1, -0.05) is 0 Å². The van der Waals surface area contributed by atoms with Crippen LogP contribution < -0.4 is 21.9 Å². The Kier molecular flexibility index (Phi) is 3.56. The average Bonchev–Trinajstić information content (AvgIpc) is 2.26. The van der Waals surface area contributed by atoms with E-state index in [0.717, 1.165) is 9.47 Å². The van der Waals surface area contributed by atoms with Crippen molar-refractivity contribution in [3.8, 4) is 0 Å². The van der Waals surface area contributed by atoms with Gasteiger partial charge in [-0.25, -0.2) is 9.59 Å². The van der Waals surface area contributed by atoms with Gasteiger partial charge in [0.25, 0.3) is 5.56 Å². The van der Waals surface area contributed by atoms with Gasteiger partial charge in [-0.2, -0.15) is 0 Å². The van der Waals surface area contributed by atoms with Crippen molar-refractivity contribution < 1.29 is 9.53 Å². The molecule has 0 spiro atoms. The van der Waals surface area contributed by atoms with Gasteiger partial charge in [0, 0.05) is 14.1 Å². The molecule has 1 aromatic rings. The first-order valence-corrected chi connectivity index (χ1v) is 4.89. The molecule has 8 nitrogen and oxygen atoms in total.